The maximum atomic E-state index is 12.2. The summed E-state index contributed by atoms with van der Waals surface area (Å²) in [5.74, 6) is -1.83. The summed E-state index contributed by atoms with van der Waals surface area (Å²) in [5.41, 5.74) is 1.41. The molecule has 0 aliphatic carbocycles. The van der Waals surface area contributed by atoms with Crippen molar-refractivity contribution in [2.24, 2.45) is 0 Å². The molecule has 1 aliphatic rings. The van der Waals surface area contributed by atoms with Crippen molar-refractivity contribution in [2.45, 2.75) is 0 Å². The molecule has 0 saturated carbocycles. The quantitative estimate of drug-likeness (QED) is 0.874. The van der Waals surface area contributed by atoms with Crippen LogP contribution in [0.2, 0.25) is 0 Å². The molecule has 2 aromatic rings. The van der Waals surface area contributed by atoms with Crippen molar-refractivity contribution in [1.82, 2.24) is 0 Å². The lowest BCUT2D eigenvalue weighted by molar-refractivity contribution is -0.118. The van der Waals surface area contributed by atoms with Gasteiger partial charge in [-0.15, -0.1) is 0 Å². The van der Waals surface area contributed by atoms with Gasteiger partial charge in [-0.1, -0.05) is 24.3 Å². The summed E-state index contributed by atoms with van der Waals surface area (Å²) in [7, 11) is 0. The third kappa shape index (κ3) is 2.56. The SMILES string of the molecule is N#Cc1ccccc1NC(=O)CN1C(=O)C(=O)c2ccccc21. The van der Waals surface area contributed by atoms with Gasteiger partial charge in [0, 0.05) is 0 Å². The van der Waals surface area contributed by atoms with Gasteiger partial charge in [-0.2, -0.15) is 5.26 Å². The van der Waals surface area contributed by atoms with Crippen LogP contribution in [0.3, 0.4) is 0 Å². The summed E-state index contributed by atoms with van der Waals surface area (Å²) < 4.78 is 0. The molecule has 0 atom stereocenters. The minimum atomic E-state index is -0.727. The number of carbonyl (C=O) groups is 3. The predicted octanol–water partition coefficient (Wildman–Crippen LogP) is 1.73. The number of rotatable bonds is 3. The average Bonchev–Trinajstić information content (AvgIpc) is 2.81. The first-order valence-electron chi connectivity index (χ1n) is 6.86. The van der Waals surface area contributed by atoms with Gasteiger partial charge in [0.2, 0.25) is 5.91 Å². The van der Waals surface area contributed by atoms with Crippen molar-refractivity contribution in [2.75, 3.05) is 16.8 Å². The molecule has 0 bridgehead atoms. The highest BCUT2D eigenvalue weighted by Gasteiger charge is 2.36. The van der Waals surface area contributed by atoms with Gasteiger partial charge in [-0.25, -0.2) is 0 Å². The number of hydrogen-bond acceptors (Lipinski definition) is 4. The van der Waals surface area contributed by atoms with Crippen molar-refractivity contribution in [3.05, 3.63) is 59.7 Å². The van der Waals surface area contributed by atoms with Gasteiger partial charge in [0.25, 0.3) is 11.7 Å². The van der Waals surface area contributed by atoms with Gasteiger partial charge < -0.3 is 5.32 Å². The maximum absolute atomic E-state index is 12.2. The summed E-state index contributed by atoms with van der Waals surface area (Å²) in [6, 6.07) is 15.1. The van der Waals surface area contributed by atoms with Crippen LogP contribution in [0.25, 0.3) is 0 Å². The van der Waals surface area contributed by atoms with Gasteiger partial charge in [-0.05, 0) is 24.3 Å². The van der Waals surface area contributed by atoms with Crippen LogP contribution in [0.1, 0.15) is 15.9 Å². The molecule has 112 valence electrons. The molecule has 23 heavy (non-hydrogen) atoms. The van der Waals surface area contributed by atoms with Gasteiger partial charge in [-0.3, -0.25) is 19.3 Å². The minimum absolute atomic E-state index is 0.290. The summed E-state index contributed by atoms with van der Waals surface area (Å²) in [4.78, 5) is 37.2. The molecule has 0 saturated heterocycles. The Morgan fingerprint density at radius 3 is 2.57 bits per heavy atom. The van der Waals surface area contributed by atoms with Crippen LogP contribution in [-0.2, 0) is 9.59 Å². The molecular formula is C17H11N3O3. The summed E-state index contributed by atoms with van der Waals surface area (Å²) in [6.45, 7) is -0.290. The van der Waals surface area contributed by atoms with Crippen molar-refractivity contribution in [3.63, 3.8) is 0 Å². The van der Waals surface area contributed by atoms with Crippen molar-refractivity contribution < 1.29 is 14.4 Å². The van der Waals surface area contributed by atoms with E-state index in [2.05, 4.69) is 5.32 Å². The van der Waals surface area contributed by atoms with Crippen LogP contribution in [0.15, 0.2) is 48.5 Å². The highest BCUT2D eigenvalue weighted by atomic mass is 16.2. The second-order valence-electron chi connectivity index (χ2n) is 4.94. The molecule has 0 radical (unpaired) electrons. The number of Topliss-reactive ketones (excluding diaryl/α,β-unsaturated/α-hetero) is 1. The number of carbonyl (C=O) groups excluding carboxylic acids is 3. The maximum Gasteiger partial charge on any atom is 0.299 e. The summed E-state index contributed by atoms with van der Waals surface area (Å²) in [6.07, 6.45) is 0. The van der Waals surface area contributed by atoms with Crippen molar-refractivity contribution in [1.29, 1.82) is 5.26 Å². The Hall–Kier alpha value is -3.46. The fraction of sp³-hybridized carbons (Fsp3) is 0.0588. The number of nitriles is 1. The molecule has 0 spiro atoms. The van der Waals surface area contributed by atoms with Crippen LogP contribution in [0, 0.1) is 11.3 Å². The third-order valence-electron chi connectivity index (χ3n) is 3.50. The van der Waals surface area contributed by atoms with E-state index in [0.29, 0.717) is 22.5 Å². The molecule has 0 fully saturated rings. The number of para-hydroxylation sites is 2. The van der Waals surface area contributed by atoms with Crippen LogP contribution >= 0.6 is 0 Å². The number of fused-ring (bicyclic) bond motifs is 1. The molecule has 1 N–H and O–H groups in total. The van der Waals surface area contributed by atoms with Crippen LogP contribution in [0.4, 0.5) is 11.4 Å². The minimum Gasteiger partial charge on any atom is -0.323 e. The number of hydrogen-bond donors (Lipinski definition) is 1. The number of nitrogens with zero attached hydrogens (tertiary/aromatic N) is 2. The number of nitrogens with one attached hydrogen (secondary N) is 1. The van der Waals surface area contributed by atoms with Crippen molar-refractivity contribution >= 4 is 29.0 Å². The lowest BCUT2D eigenvalue weighted by Crippen LogP contribution is -2.37. The number of ketones is 1. The van der Waals surface area contributed by atoms with Gasteiger partial charge in [0.1, 0.15) is 12.6 Å². The topological polar surface area (TPSA) is 90.3 Å². The monoisotopic (exact) mass is 305 g/mol. The smallest absolute Gasteiger partial charge is 0.299 e. The van der Waals surface area contributed by atoms with Crippen LogP contribution in [-0.4, -0.2) is 24.1 Å². The van der Waals surface area contributed by atoms with E-state index in [1.165, 1.54) is 0 Å². The fourth-order valence-electron chi connectivity index (χ4n) is 2.43. The first-order chi connectivity index (χ1) is 11.1. The molecule has 1 heterocycles. The normalized spacial score (nSPS) is 12.7. The lowest BCUT2D eigenvalue weighted by atomic mass is 10.1. The summed E-state index contributed by atoms with van der Waals surface area (Å²) in [5, 5.41) is 11.6. The molecule has 0 aromatic heterocycles. The molecule has 1 aliphatic heterocycles. The molecule has 3 rings (SSSR count). The molecule has 0 unspecified atom stereocenters. The molecule has 2 amide bonds. The molecule has 6 heteroatoms. The van der Waals surface area contributed by atoms with E-state index in [1.54, 1.807) is 48.5 Å². The number of benzene rings is 2. The Kier molecular flexibility index (Phi) is 3.61. The fourth-order valence-corrected chi connectivity index (χ4v) is 2.43. The van der Waals surface area contributed by atoms with Gasteiger partial charge >= 0.3 is 0 Å². The Labute approximate surface area is 131 Å². The van der Waals surface area contributed by atoms with E-state index in [1.807, 2.05) is 6.07 Å². The highest BCUT2D eigenvalue weighted by molar-refractivity contribution is 6.52. The van der Waals surface area contributed by atoms with E-state index in [4.69, 9.17) is 5.26 Å². The Morgan fingerprint density at radius 1 is 1.09 bits per heavy atom. The largest absolute Gasteiger partial charge is 0.323 e. The molecular weight excluding hydrogens is 294 g/mol. The Bertz CT molecular complexity index is 867. The summed E-state index contributed by atoms with van der Waals surface area (Å²) >= 11 is 0. The standard InChI is InChI=1S/C17H11N3O3/c18-9-11-5-1-3-7-13(11)19-15(21)10-20-14-8-4-2-6-12(14)16(22)17(20)23/h1-8H,10H2,(H,19,21). The van der Waals surface area contributed by atoms with Gasteiger partial charge in [0.15, 0.2) is 0 Å². The van der Waals surface area contributed by atoms with E-state index in [-0.39, 0.29) is 6.54 Å². The van der Waals surface area contributed by atoms with Crippen molar-refractivity contribution in [3.8, 4) is 6.07 Å². The van der Waals surface area contributed by atoms with Crippen LogP contribution in [0.5, 0.6) is 0 Å². The predicted molar refractivity (Wildman–Crippen MR) is 82.9 cm³/mol. The van der Waals surface area contributed by atoms with E-state index in [9.17, 15) is 14.4 Å². The van der Waals surface area contributed by atoms with Gasteiger partial charge in [0.05, 0.1) is 22.5 Å². The number of anilines is 2. The lowest BCUT2D eigenvalue weighted by Gasteiger charge is -2.16. The first kappa shape index (κ1) is 14.5. The molecule has 6 nitrogen and oxygen atoms in total. The highest BCUT2D eigenvalue weighted by Crippen LogP contribution is 2.28. The third-order valence-corrected chi connectivity index (χ3v) is 3.50. The Balaban J connectivity index is 1.80. The van der Waals surface area contributed by atoms with Crippen LogP contribution < -0.4 is 10.2 Å². The van der Waals surface area contributed by atoms with E-state index in [0.717, 1.165) is 4.90 Å². The Morgan fingerprint density at radius 2 is 1.78 bits per heavy atom. The van der Waals surface area contributed by atoms with E-state index < -0.39 is 17.6 Å². The average molecular weight is 305 g/mol. The first-order valence-corrected chi connectivity index (χ1v) is 6.86. The zero-order valence-electron chi connectivity index (χ0n) is 11.9. The second-order valence-corrected chi connectivity index (χ2v) is 4.94. The number of amides is 2. The zero-order valence-corrected chi connectivity index (χ0v) is 11.9. The second kappa shape index (κ2) is 5.73. The molecule has 2 aromatic carbocycles. The zero-order chi connectivity index (χ0) is 16.4. The van der Waals surface area contributed by atoms with E-state index >= 15 is 0 Å².